The summed E-state index contributed by atoms with van der Waals surface area (Å²) in [5.41, 5.74) is 0. The predicted octanol–water partition coefficient (Wildman–Crippen LogP) is 1.79. The molecule has 1 saturated carbocycles. The predicted molar refractivity (Wildman–Crippen MR) is 77.9 cm³/mol. The van der Waals surface area contributed by atoms with Gasteiger partial charge in [0.1, 0.15) is 0 Å². The molecule has 0 aromatic rings. The van der Waals surface area contributed by atoms with Crippen LogP contribution in [0, 0.1) is 5.92 Å². The molecule has 1 saturated heterocycles. The minimum absolute atomic E-state index is 0.644. The summed E-state index contributed by atoms with van der Waals surface area (Å²) in [7, 11) is 0. The van der Waals surface area contributed by atoms with E-state index in [0.29, 0.717) is 6.04 Å². The lowest BCUT2D eigenvalue weighted by molar-refractivity contribution is 0.0736. The van der Waals surface area contributed by atoms with Crippen molar-refractivity contribution in [3.63, 3.8) is 0 Å². The van der Waals surface area contributed by atoms with Crippen LogP contribution in [0.1, 0.15) is 40.5 Å². The second kappa shape index (κ2) is 6.36. The zero-order chi connectivity index (χ0) is 13.1. The molecule has 0 aromatic heterocycles. The smallest absolute Gasteiger partial charge is 0.0113 e. The van der Waals surface area contributed by atoms with Crippen molar-refractivity contribution in [3.05, 3.63) is 0 Å². The van der Waals surface area contributed by atoms with E-state index < -0.39 is 0 Å². The van der Waals surface area contributed by atoms with Gasteiger partial charge in [-0.2, -0.15) is 0 Å². The van der Waals surface area contributed by atoms with Crippen LogP contribution in [0.5, 0.6) is 0 Å². The van der Waals surface area contributed by atoms with Crippen molar-refractivity contribution in [2.24, 2.45) is 5.92 Å². The first-order valence-corrected chi connectivity index (χ1v) is 7.77. The normalized spacial score (nSPS) is 31.0. The van der Waals surface area contributed by atoms with Gasteiger partial charge in [-0.25, -0.2) is 0 Å². The fourth-order valence-corrected chi connectivity index (χ4v) is 3.32. The Morgan fingerprint density at radius 2 is 1.61 bits per heavy atom. The van der Waals surface area contributed by atoms with Gasteiger partial charge in [-0.15, -0.1) is 0 Å². The van der Waals surface area contributed by atoms with E-state index in [4.69, 9.17) is 0 Å². The van der Waals surface area contributed by atoms with Gasteiger partial charge in [-0.3, -0.25) is 4.90 Å². The summed E-state index contributed by atoms with van der Waals surface area (Å²) in [5.74, 6) is 0.951. The molecule has 0 bridgehead atoms. The average molecular weight is 253 g/mol. The highest BCUT2D eigenvalue weighted by Crippen LogP contribution is 2.28. The average Bonchev–Trinajstić information content (AvgIpc) is 2.26. The lowest BCUT2D eigenvalue weighted by Crippen LogP contribution is -2.53. The second-order valence-corrected chi connectivity index (χ2v) is 6.79. The number of nitrogens with one attached hydrogen (secondary N) is 1. The summed E-state index contributed by atoms with van der Waals surface area (Å²) in [6, 6.07) is 2.16. The number of rotatable bonds is 5. The highest BCUT2D eigenvalue weighted by atomic mass is 15.3. The van der Waals surface area contributed by atoms with Crippen LogP contribution in [-0.4, -0.2) is 60.6 Å². The molecule has 1 heterocycles. The van der Waals surface area contributed by atoms with Crippen molar-refractivity contribution in [1.29, 1.82) is 0 Å². The van der Waals surface area contributed by atoms with Gasteiger partial charge in [0.2, 0.25) is 0 Å². The molecule has 0 radical (unpaired) electrons. The van der Waals surface area contributed by atoms with E-state index in [1.807, 2.05) is 0 Å². The fraction of sp³-hybridized carbons (Fsp3) is 1.00. The Morgan fingerprint density at radius 1 is 1.00 bits per heavy atom. The first-order valence-electron chi connectivity index (χ1n) is 7.77. The molecule has 106 valence electrons. The van der Waals surface area contributed by atoms with Crippen molar-refractivity contribution < 1.29 is 0 Å². The summed E-state index contributed by atoms with van der Waals surface area (Å²) >= 11 is 0. The molecule has 1 N–H and O–H groups in total. The minimum atomic E-state index is 0.644. The van der Waals surface area contributed by atoms with Crippen LogP contribution in [-0.2, 0) is 0 Å². The number of hydrogen-bond donors (Lipinski definition) is 1. The van der Waals surface area contributed by atoms with Crippen LogP contribution in [0.15, 0.2) is 0 Å². The first-order chi connectivity index (χ1) is 8.54. The van der Waals surface area contributed by atoms with Crippen LogP contribution in [0.25, 0.3) is 0 Å². The van der Waals surface area contributed by atoms with Crippen LogP contribution >= 0.6 is 0 Å². The number of nitrogens with zero attached hydrogens (tertiary/aromatic N) is 2. The van der Waals surface area contributed by atoms with E-state index in [1.54, 1.807) is 0 Å². The zero-order valence-corrected chi connectivity index (χ0v) is 12.7. The highest BCUT2D eigenvalue weighted by Gasteiger charge is 2.31. The molecule has 18 heavy (non-hydrogen) atoms. The largest absolute Gasteiger partial charge is 0.312 e. The molecule has 3 heteroatoms. The monoisotopic (exact) mass is 253 g/mol. The maximum absolute atomic E-state index is 3.64. The topological polar surface area (TPSA) is 18.5 Å². The zero-order valence-electron chi connectivity index (χ0n) is 12.7. The van der Waals surface area contributed by atoms with Crippen molar-refractivity contribution in [3.8, 4) is 0 Å². The summed E-state index contributed by atoms with van der Waals surface area (Å²) in [6.45, 7) is 15.5. The van der Waals surface area contributed by atoms with Crippen molar-refractivity contribution in [2.45, 2.75) is 58.7 Å². The van der Waals surface area contributed by atoms with Gasteiger partial charge in [0.15, 0.2) is 0 Å². The molecule has 3 nitrogen and oxygen atoms in total. The SMILES string of the molecule is CC(C)NC1CC(CN2CCN(C(C)C)CC2)C1. The van der Waals surface area contributed by atoms with E-state index in [-0.39, 0.29) is 0 Å². The third kappa shape index (κ3) is 3.94. The molecule has 0 amide bonds. The minimum Gasteiger partial charge on any atom is -0.312 e. The van der Waals surface area contributed by atoms with E-state index in [2.05, 4.69) is 42.8 Å². The Morgan fingerprint density at radius 3 is 2.11 bits per heavy atom. The van der Waals surface area contributed by atoms with Gasteiger partial charge in [-0.1, -0.05) is 13.8 Å². The Kier molecular flexibility index (Phi) is 5.05. The maximum atomic E-state index is 3.64. The first kappa shape index (κ1) is 14.3. The molecule has 0 aromatic carbocycles. The van der Waals surface area contributed by atoms with Gasteiger partial charge in [0, 0.05) is 50.8 Å². The molecule has 2 aliphatic rings. The van der Waals surface area contributed by atoms with Crippen molar-refractivity contribution >= 4 is 0 Å². The van der Waals surface area contributed by atoms with Gasteiger partial charge in [0.05, 0.1) is 0 Å². The molecule has 1 aliphatic heterocycles. The number of hydrogen-bond acceptors (Lipinski definition) is 3. The van der Waals surface area contributed by atoms with E-state index in [1.165, 1.54) is 45.6 Å². The Balaban J connectivity index is 1.59. The molecular weight excluding hydrogens is 222 g/mol. The summed E-state index contributed by atoms with van der Waals surface area (Å²) in [4.78, 5) is 5.27. The highest BCUT2D eigenvalue weighted by molar-refractivity contribution is 4.88. The van der Waals surface area contributed by atoms with Crippen LogP contribution in [0.2, 0.25) is 0 Å². The standard InChI is InChI=1S/C15H31N3/c1-12(2)16-15-9-14(10-15)11-17-5-7-18(8-6-17)13(3)4/h12-16H,5-11H2,1-4H3. The van der Waals surface area contributed by atoms with Gasteiger partial charge < -0.3 is 10.2 Å². The van der Waals surface area contributed by atoms with Gasteiger partial charge >= 0.3 is 0 Å². The molecular formula is C15H31N3. The summed E-state index contributed by atoms with van der Waals surface area (Å²) in [5, 5.41) is 3.64. The quantitative estimate of drug-likeness (QED) is 0.806. The Labute approximate surface area is 113 Å². The van der Waals surface area contributed by atoms with Crippen molar-refractivity contribution in [1.82, 2.24) is 15.1 Å². The lowest BCUT2D eigenvalue weighted by Gasteiger charge is -2.43. The van der Waals surface area contributed by atoms with Crippen LogP contribution < -0.4 is 5.32 Å². The third-order valence-corrected chi connectivity index (χ3v) is 4.46. The van der Waals surface area contributed by atoms with E-state index in [0.717, 1.165) is 18.0 Å². The van der Waals surface area contributed by atoms with Crippen LogP contribution in [0.3, 0.4) is 0 Å². The summed E-state index contributed by atoms with van der Waals surface area (Å²) in [6.07, 6.45) is 2.78. The van der Waals surface area contributed by atoms with Crippen molar-refractivity contribution in [2.75, 3.05) is 32.7 Å². The number of piperazine rings is 1. The molecule has 0 unspecified atom stereocenters. The summed E-state index contributed by atoms with van der Waals surface area (Å²) < 4.78 is 0. The van der Waals surface area contributed by atoms with Gasteiger partial charge in [-0.05, 0) is 32.6 Å². The third-order valence-electron chi connectivity index (χ3n) is 4.46. The molecule has 1 aliphatic carbocycles. The Hall–Kier alpha value is -0.120. The second-order valence-electron chi connectivity index (χ2n) is 6.79. The van der Waals surface area contributed by atoms with Crippen LogP contribution in [0.4, 0.5) is 0 Å². The Bertz CT molecular complexity index is 238. The molecule has 2 rings (SSSR count). The molecule has 2 fully saturated rings. The molecule has 0 atom stereocenters. The van der Waals surface area contributed by atoms with E-state index >= 15 is 0 Å². The fourth-order valence-electron chi connectivity index (χ4n) is 3.32. The maximum Gasteiger partial charge on any atom is 0.0113 e. The van der Waals surface area contributed by atoms with E-state index in [9.17, 15) is 0 Å². The molecule has 0 spiro atoms. The lowest BCUT2D eigenvalue weighted by atomic mass is 9.79. The van der Waals surface area contributed by atoms with Gasteiger partial charge in [0.25, 0.3) is 0 Å².